The Morgan fingerprint density at radius 3 is 2.72 bits per heavy atom. The molecule has 3 rings (SSSR count). The second-order valence-electron chi connectivity index (χ2n) is 6.73. The lowest BCUT2D eigenvalue weighted by Gasteiger charge is -2.35. The first-order chi connectivity index (χ1) is 11.5. The van der Waals surface area contributed by atoms with Crippen LogP contribution in [0.15, 0.2) is 12.4 Å². The fourth-order valence-corrected chi connectivity index (χ4v) is 5.56. The molecule has 2 heterocycles. The second kappa shape index (κ2) is 8.51. The average molecular weight is 391 g/mol. The molecule has 1 amide bonds. The van der Waals surface area contributed by atoms with E-state index in [4.69, 9.17) is 0 Å². The van der Waals surface area contributed by atoms with Crippen LogP contribution in [0.3, 0.4) is 0 Å². The number of hydrogen-bond acceptors (Lipinski definition) is 5. The van der Waals surface area contributed by atoms with Gasteiger partial charge >= 0.3 is 0 Å². The number of aromatic nitrogens is 2. The maximum absolute atomic E-state index is 12.7. The first-order valence-corrected chi connectivity index (χ1v) is 10.4. The molecular weight excluding hydrogens is 364 g/mol. The monoisotopic (exact) mass is 390 g/mol. The highest BCUT2D eigenvalue weighted by molar-refractivity contribution is 7.92. The maximum atomic E-state index is 12.7. The molecule has 1 aromatic rings. The van der Waals surface area contributed by atoms with Gasteiger partial charge in [-0.3, -0.25) is 4.79 Å². The van der Waals surface area contributed by atoms with Gasteiger partial charge in [0.05, 0.1) is 11.0 Å². The summed E-state index contributed by atoms with van der Waals surface area (Å²) < 4.78 is 26.7. The van der Waals surface area contributed by atoms with Crippen LogP contribution < -0.4 is 5.32 Å². The summed E-state index contributed by atoms with van der Waals surface area (Å²) in [5.74, 6) is 0.702. The van der Waals surface area contributed by atoms with Crippen molar-refractivity contribution in [3.63, 3.8) is 0 Å². The summed E-state index contributed by atoms with van der Waals surface area (Å²) in [7, 11) is -1.25. The minimum absolute atomic E-state index is 0. The van der Waals surface area contributed by atoms with E-state index in [-0.39, 0.29) is 41.8 Å². The van der Waals surface area contributed by atoms with Crippen molar-refractivity contribution in [2.75, 3.05) is 25.4 Å². The van der Waals surface area contributed by atoms with Crippen LogP contribution >= 0.6 is 12.4 Å². The van der Waals surface area contributed by atoms with Crippen molar-refractivity contribution in [1.82, 2.24) is 19.8 Å². The topological polar surface area (TPSA) is 84.3 Å². The van der Waals surface area contributed by atoms with Gasteiger partial charge < -0.3 is 14.8 Å². The van der Waals surface area contributed by atoms with Crippen LogP contribution in [-0.2, 0) is 21.7 Å². The van der Waals surface area contributed by atoms with Crippen molar-refractivity contribution < 1.29 is 13.2 Å². The quantitative estimate of drug-likeness (QED) is 0.812. The first kappa shape index (κ1) is 20.2. The summed E-state index contributed by atoms with van der Waals surface area (Å²) in [6.45, 7) is 1.95. The second-order valence-corrected chi connectivity index (χ2v) is 9.13. The number of hydrogen-bond donors (Lipinski definition) is 1. The van der Waals surface area contributed by atoms with E-state index in [9.17, 15) is 13.2 Å². The number of imidazole rings is 1. The smallest absolute Gasteiger partial charge is 0.224 e. The van der Waals surface area contributed by atoms with Crippen LogP contribution in [0.5, 0.6) is 0 Å². The van der Waals surface area contributed by atoms with E-state index in [0.717, 1.165) is 38.1 Å². The van der Waals surface area contributed by atoms with Crippen LogP contribution in [0.2, 0.25) is 0 Å². The molecule has 0 spiro atoms. The van der Waals surface area contributed by atoms with Gasteiger partial charge in [0.25, 0.3) is 0 Å². The highest BCUT2D eigenvalue weighted by Gasteiger charge is 2.33. The average Bonchev–Trinajstić information content (AvgIpc) is 3.24. The number of aryl methyl sites for hydroxylation is 1. The lowest BCUT2D eigenvalue weighted by atomic mass is 10.1. The van der Waals surface area contributed by atoms with Gasteiger partial charge in [-0.25, -0.2) is 13.4 Å². The van der Waals surface area contributed by atoms with Gasteiger partial charge in [0.2, 0.25) is 5.91 Å². The van der Waals surface area contributed by atoms with E-state index in [2.05, 4.69) is 10.3 Å². The molecule has 0 radical (unpaired) electrons. The molecule has 1 aliphatic heterocycles. The summed E-state index contributed by atoms with van der Waals surface area (Å²) in [4.78, 5) is 18.8. The molecule has 1 N–H and O–H groups in total. The number of amides is 1. The Hall–Kier alpha value is -1.12. The Balaban J connectivity index is 0.00000225. The van der Waals surface area contributed by atoms with Crippen LogP contribution in [-0.4, -0.2) is 59.4 Å². The summed E-state index contributed by atoms with van der Waals surface area (Å²) in [5.41, 5.74) is 0. The molecular formula is C16H27ClN4O3S. The molecule has 2 aliphatic rings. The Bertz CT molecular complexity index is 685. The zero-order chi connectivity index (χ0) is 17.2. The normalized spacial score (nSPS) is 22.0. The van der Waals surface area contributed by atoms with Crippen molar-refractivity contribution in [2.24, 2.45) is 7.05 Å². The van der Waals surface area contributed by atoms with E-state index in [1.54, 1.807) is 11.1 Å². The van der Waals surface area contributed by atoms with Crippen LogP contribution in [0, 0.1) is 0 Å². The maximum Gasteiger partial charge on any atom is 0.224 e. The largest absolute Gasteiger partial charge is 0.336 e. The minimum Gasteiger partial charge on any atom is -0.336 e. The summed E-state index contributed by atoms with van der Waals surface area (Å²) in [6, 6.07) is -0.138. The number of nitrogens with one attached hydrogen (secondary N) is 1. The molecule has 0 bridgehead atoms. The fraction of sp³-hybridized carbons (Fsp3) is 0.750. The molecule has 9 heteroatoms. The number of piperazine rings is 1. The molecule has 25 heavy (non-hydrogen) atoms. The molecule has 7 nitrogen and oxygen atoms in total. The molecule has 1 unspecified atom stereocenters. The standard InChI is InChI=1S/C16H26N4O3S.ClH/c1-19-9-8-18-16(19)14-12-17-7-10-20(14)15(21)6-11-24(22,23)13-4-2-3-5-13;/h8-9,13-14,17H,2-7,10-12H2,1H3;1H. The fourth-order valence-electron chi connectivity index (χ4n) is 3.72. The van der Waals surface area contributed by atoms with E-state index < -0.39 is 9.84 Å². The summed E-state index contributed by atoms with van der Waals surface area (Å²) in [6.07, 6.45) is 7.11. The van der Waals surface area contributed by atoms with Crippen molar-refractivity contribution >= 4 is 28.2 Å². The molecule has 0 aromatic carbocycles. The number of carbonyl (C=O) groups excluding carboxylic acids is 1. The van der Waals surface area contributed by atoms with Gasteiger partial charge in [-0.15, -0.1) is 12.4 Å². The number of carbonyl (C=O) groups is 1. The Kier molecular flexibility index (Phi) is 6.87. The number of sulfone groups is 1. The minimum atomic E-state index is -3.16. The highest BCUT2D eigenvalue weighted by atomic mass is 35.5. The number of rotatable bonds is 5. The Morgan fingerprint density at radius 1 is 1.36 bits per heavy atom. The van der Waals surface area contributed by atoms with Crippen LogP contribution in [0.1, 0.15) is 44.0 Å². The van der Waals surface area contributed by atoms with Crippen molar-refractivity contribution in [2.45, 2.75) is 43.4 Å². The molecule has 1 saturated carbocycles. The third-order valence-electron chi connectivity index (χ3n) is 5.13. The van der Waals surface area contributed by atoms with Crippen molar-refractivity contribution in [3.05, 3.63) is 18.2 Å². The van der Waals surface area contributed by atoms with E-state index in [1.807, 2.05) is 17.8 Å². The van der Waals surface area contributed by atoms with E-state index >= 15 is 0 Å². The van der Waals surface area contributed by atoms with Gasteiger partial charge in [0.1, 0.15) is 11.9 Å². The van der Waals surface area contributed by atoms with E-state index in [1.165, 1.54) is 0 Å². The molecule has 142 valence electrons. The van der Waals surface area contributed by atoms with E-state index in [0.29, 0.717) is 13.1 Å². The lowest BCUT2D eigenvalue weighted by Crippen LogP contribution is -2.49. The Morgan fingerprint density at radius 2 is 2.08 bits per heavy atom. The van der Waals surface area contributed by atoms with Crippen LogP contribution in [0.4, 0.5) is 0 Å². The number of nitrogens with zero attached hydrogens (tertiary/aromatic N) is 3. The summed E-state index contributed by atoms with van der Waals surface area (Å²) in [5, 5.41) is 3.05. The van der Waals surface area contributed by atoms with Crippen molar-refractivity contribution in [1.29, 1.82) is 0 Å². The SMILES string of the molecule is Cl.Cn1ccnc1C1CNCCN1C(=O)CCS(=O)(=O)C1CCCC1. The van der Waals surface area contributed by atoms with Gasteiger partial charge in [-0.05, 0) is 12.8 Å². The van der Waals surface area contributed by atoms with Gasteiger partial charge in [-0.1, -0.05) is 12.8 Å². The predicted molar refractivity (Wildman–Crippen MR) is 98.4 cm³/mol. The zero-order valence-corrected chi connectivity index (χ0v) is 16.2. The number of halogens is 1. The molecule has 1 atom stereocenters. The first-order valence-electron chi connectivity index (χ1n) is 8.68. The highest BCUT2D eigenvalue weighted by Crippen LogP contribution is 2.26. The molecule has 1 aliphatic carbocycles. The summed E-state index contributed by atoms with van der Waals surface area (Å²) >= 11 is 0. The van der Waals surface area contributed by atoms with Gasteiger partial charge in [-0.2, -0.15) is 0 Å². The molecule has 1 saturated heterocycles. The van der Waals surface area contributed by atoms with Gasteiger partial charge in [0, 0.05) is 45.5 Å². The molecule has 2 fully saturated rings. The molecule has 1 aromatic heterocycles. The van der Waals surface area contributed by atoms with Crippen molar-refractivity contribution in [3.8, 4) is 0 Å². The zero-order valence-electron chi connectivity index (χ0n) is 14.6. The van der Waals surface area contributed by atoms with Gasteiger partial charge in [0.15, 0.2) is 9.84 Å². The predicted octanol–water partition coefficient (Wildman–Crippen LogP) is 1.06. The lowest BCUT2D eigenvalue weighted by molar-refractivity contribution is -0.134. The third-order valence-corrected chi connectivity index (χ3v) is 7.39. The van der Waals surface area contributed by atoms with Crippen LogP contribution in [0.25, 0.3) is 0 Å². The third kappa shape index (κ3) is 4.54. The Labute approximate surface area is 155 Å².